The van der Waals surface area contributed by atoms with Crippen LogP contribution in [0.3, 0.4) is 0 Å². The van der Waals surface area contributed by atoms with Gasteiger partial charge in [-0.2, -0.15) is 4.31 Å². The van der Waals surface area contributed by atoms with E-state index in [-0.39, 0.29) is 0 Å². The van der Waals surface area contributed by atoms with Gasteiger partial charge in [-0.3, -0.25) is 4.21 Å². The van der Waals surface area contributed by atoms with E-state index in [1.165, 1.54) is 4.31 Å². The Kier molecular flexibility index (Phi) is 5.31. The molecule has 0 aliphatic carbocycles. The largest absolute Gasteiger partial charge is 0.313 e. The molecular weight excluding hydrogens is 296 g/mol. The molecule has 5 nitrogen and oxygen atoms in total. The minimum Gasteiger partial charge on any atom is -0.313 e. The molecule has 0 amide bonds. The van der Waals surface area contributed by atoms with Crippen LogP contribution in [-0.2, 0) is 27.4 Å². The maximum atomic E-state index is 12.5. The molecule has 0 atom stereocenters. The summed E-state index contributed by atoms with van der Waals surface area (Å²) in [5.74, 6) is 0.854. The Hall–Kier alpha value is -0.760. The highest BCUT2D eigenvalue weighted by Gasteiger charge is 2.28. The minimum absolute atomic E-state index is 0.320. The van der Waals surface area contributed by atoms with Gasteiger partial charge < -0.3 is 5.32 Å². The fourth-order valence-corrected chi connectivity index (χ4v) is 4.89. The molecule has 1 aliphatic heterocycles. The molecule has 0 saturated carbocycles. The van der Waals surface area contributed by atoms with Crippen LogP contribution >= 0.6 is 0 Å². The Bertz CT molecular complexity index is 577. The summed E-state index contributed by atoms with van der Waals surface area (Å²) in [7, 11) is -4.34. The molecule has 1 aromatic carbocycles. The van der Waals surface area contributed by atoms with E-state index in [1.54, 1.807) is 18.2 Å². The molecule has 1 heterocycles. The van der Waals surface area contributed by atoms with Crippen LogP contribution in [0.25, 0.3) is 0 Å². The van der Waals surface area contributed by atoms with E-state index in [4.69, 9.17) is 0 Å². The van der Waals surface area contributed by atoms with Crippen molar-refractivity contribution in [2.45, 2.75) is 18.4 Å². The molecule has 0 aromatic heterocycles. The van der Waals surface area contributed by atoms with Gasteiger partial charge in [-0.1, -0.05) is 19.1 Å². The quantitative estimate of drug-likeness (QED) is 0.861. The summed E-state index contributed by atoms with van der Waals surface area (Å²) >= 11 is 0. The van der Waals surface area contributed by atoms with Gasteiger partial charge in [0, 0.05) is 41.9 Å². The first kappa shape index (κ1) is 15.6. The molecule has 1 fully saturated rings. The van der Waals surface area contributed by atoms with Crippen LogP contribution < -0.4 is 5.32 Å². The zero-order chi connectivity index (χ0) is 14.6. The van der Waals surface area contributed by atoms with E-state index in [0.29, 0.717) is 36.0 Å². The lowest BCUT2D eigenvalue weighted by molar-refractivity contribution is 0.438. The molecular formula is C13H20N2O3S2. The highest BCUT2D eigenvalue weighted by Crippen LogP contribution is 2.18. The van der Waals surface area contributed by atoms with E-state index < -0.39 is 20.8 Å². The summed E-state index contributed by atoms with van der Waals surface area (Å²) in [6, 6.07) is 7.01. The van der Waals surface area contributed by atoms with Gasteiger partial charge in [-0.05, 0) is 24.2 Å². The van der Waals surface area contributed by atoms with Crippen LogP contribution in [0.2, 0.25) is 0 Å². The molecule has 1 aromatic rings. The first-order valence-electron chi connectivity index (χ1n) is 6.69. The van der Waals surface area contributed by atoms with Gasteiger partial charge in [-0.15, -0.1) is 0 Å². The summed E-state index contributed by atoms with van der Waals surface area (Å²) in [5.41, 5.74) is 0.952. The molecule has 0 bridgehead atoms. The first-order chi connectivity index (χ1) is 9.54. The lowest BCUT2D eigenvalue weighted by Gasteiger charge is -2.25. The molecule has 0 unspecified atom stereocenters. The van der Waals surface area contributed by atoms with Crippen molar-refractivity contribution in [1.82, 2.24) is 9.62 Å². The van der Waals surface area contributed by atoms with Gasteiger partial charge in [-0.25, -0.2) is 8.42 Å². The van der Waals surface area contributed by atoms with Gasteiger partial charge in [0.1, 0.15) is 0 Å². The van der Waals surface area contributed by atoms with Crippen molar-refractivity contribution in [3.8, 4) is 0 Å². The monoisotopic (exact) mass is 316 g/mol. The summed E-state index contributed by atoms with van der Waals surface area (Å²) < 4.78 is 37.8. The van der Waals surface area contributed by atoms with E-state index in [2.05, 4.69) is 5.32 Å². The maximum absolute atomic E-state index is 12.5. The topological polar surface area (TPSA) is 66.5 Å². The van der Waals surface area contributed by atoms with Crippen LogP contribution in [0, 0.1) is 0 Å². The van der Waals surface area contributed by atoms with Crippen molar-refractivity contribution >= 4 is 20.8 Å². The third-order valence-electron chi connectivity index (χ3n) is 3.25. The van der Waals surface area contributed by atoms with Crippen molar-refractivity contribution < 1.29 is 12.6 Å². The summed E-state index contributed by atoms with van der Waals surface area (Å²) in [4.78, 5) is 0.320. The zero-order valence-corrected chi connectivity index (χ0v) is 13.2. The number of hydrogen-bond acceptors (Lipinski definition) is 4. The zero-order valence-electron chi connectivity index (χ0n) is 11.5. The van der Waals surface area contributed by atoms with Crippen LogP contribution in [0.5, 0.6) is 0 Å². The number of hydrogen-bond donors (Lipinski definition) is 1. The SMILES string of the molecule is CCNCc1cccc(S(=O)(=O)N2CCS(=O)CC2)c1. The van der Waals surface area contributed by atoms with E-state index >= 15 is 0 Å². The average Bonchev–Trinajstić information content (AvgIpc) is 2.46. The van der Waals surface area contributed by atoms with Gasteiger partial charge in [0.25, 0.3) is 0 Å². The van der Waals surface area contributed by atoms with Crippen molar-refractivity contribution in [3.05, 3.63) is 29.8 Å². The fraction of sp³-hybridized carbons (Fsp3) is 0.538. The molecule has 112 valence electrons. The Balaban J connectivity index is 2.18. The molecule has 20 heavy (non-hydrogen) atoms. The Morgan fingerprint density at radius 2 is 2.00 bits per heavy atom. The van der Waals surface area contributed by atoms with Gasteiger partial charge in [0.2, 0.25) is 10.0 Å². The lowest BCUT2D eigenvalue weighted by Crippen LogP contribution is -2.41. The molecule has 1 saturated heterocycles. The van der Waals surface area contributed by atoms with E-state index in [9.17, 15) is 12.6 Å². The normalized spacial score (nSPS) is 18.2. The van der Waals surface area contributed by atoms with Crippen LogP contribution in [0.4, 0.5) is 0 Å². The Labute approximate surface area is 122 Å². The molecule has 1 N–H and O–H groups in total. The van der Waals surface area contributed by atoms with Crippen LogP contribution in [0.15, 0.2) is 29.2 Å². The molecule has 1 aliphatic rings. The van der Waals surface area contributed by atoms with E-state index in [1.807, 2.05) is 13.0 Å². The predicted molar refractivity (Wildman–Crippen MR) is 80.5 cm³/mol. The third-order valence-corrected chi connectivity index (χ3v) is 6.42. The highest BCUT2D eigenvalue weighted by molar-refractivity contribution is 7.89. The lowest BCUT2D eigenvalue weighted by atomic mass is 10.2. The highest BCUT2D eigenvalue weighted by atomic mass is 32.2. The number of benzene rings is 1. The Morgan fingerprint density at radius 1 is 1.30 bits per heavy atom. The maximum Gasteiger partial charge on any atom is 0.243 e. The second-order valence-corrected chi connectivity index (χ2v) is 8.31. The minimum atomic E-state index is -3.46. The average molecular weight is 316 g/mol. The van der Waals surface area contributed by atoms with Crippen LogP contribution in [0.1, 0.15) is 12.5 Å². The molecule has 0 radical (unpaired) electrons. The van der Waals surface area contributed by atoms with Crippen molar-refractivity contribution in [1.29, 1.82) is 0 Å². The van der Waals surface area contributed by atoms with Gasteiger partial charge in [0.05, 0.1) is 4.90 Å². The second-order valence-electron chi connectivity index (χ2n) is 4.68. The number of rotatable bonds is 5. The fourth-order valence-electron chi connectivity index (χ4n) is 2.10. The van der Waals surface area contributed by atoms with Crippen molar-refractivity contribution in [2.24, 2.45) is 0 Å². The number of sulfonamides is 1. The molecule has 2 rings (SSSR count). The van der Waals surface area contributed by atoms with E-state index in [0.717, 1.165) is 12.1 Å². The standard InChI is InChI=1S/C13H20N2O3S2/c1-2-14-11-12-4-3-5-13(10-12)20(17,18)15-6-8-19(16)9-7-15/h3-5,10,14H,2,6-9,11H2,1H3. The number of nitrogens with one attached hydrogen (secondary N) is 1. The molecule has 7 heteroatoms. The second kappa shape index (κ2) is 6.80. The van der Waals surface area contributed by atoms with Crippen LogP contribution in [-0.4, -0.2) is 48.1 Å². The Morgan fingerprint density at radius 3 is 2.65 bits per heavy atom. The van der Waals surface area contributed by atoms with Crippen molar-refractivity contribution in [3.63, 3.8) is 0 Å². The number of nitrogens with zero attached hydrogens (tertiary/aromatic N) is 1. The third kappa shape index (κ3) is 3.66. The summed E-state index contributed by atoms with van der Waals surface area (Å²) in [5, 5.41) is 3.18. The summed E-state index contributed by atoms with van der Waals surface area (Å²) in [6.45, 7) is 4.19. The van der Waals surface area contributed by atoms with Gasteiger partial charge >= 0.3 is 0 Å². The molecule has 0 spiro atoms. The summed E-state index contributed by atoms with van der Waals surface area (Å²) in [6.07, 6.45) is 0. The predicted octanol–water partition coefficient (Wildman–Crippen LogP) is 0.549. The van der Waals surface area contributed by atoms with Gasteiger partial charge in [0.15, 0.2) is 0 Å². The van der Waals surface area contributed by atoms with Crippen molar-refractivity contribution in [2.75, 3.05) is 31.1 Å². The smallest absolute Gasteiger partial charge is 0.243 e. The first-order valence-corrected chi connectivity index (χ1v) is 9.61.